The Morgan fingerprint density at radius 1 is 1.28 bits per heavy atom. The topological polar surface area (TPSA) is 75.4 Å². The zero-order valence-electron chi connectivity index (χ0n) is 13.8. The minimum absolute atomic E-state index is 0.142. The van der Waals surface area contributed by atoms with Crippen molar-refractivity contribution in [2.24, 2.45) is 0 Å². The van der Waals surface area contributed by atoms with Crippen LogP contribution in [0.4, 0.5) is 4.79 Å². The van der Waals surface area contributed by atoms with Gasteiger partial charge in [0.25, 0.3) is 5.91 Å². The van der Waals surface area contributed by atoms with Crippen LogP contribution in [0.25, 0.3) is 0 Å². The molecule has 1 atom stereocenters. The van der Waals surface area contributed by atoms with Gasteiger partial charge in [0.05, 0.1) is 6.54 Å². The first-order chi connectivity index (χ1) is 12.0. The van der Waals surface area contributed by atoms with E-state index in [0.717, 1.165) is 47.0 Å². The standard InChI is InChI=1S/C18H18BrN3O3/c1-18(12-7-3-4-8-13(12)19)16(23)22(17(24)20-18)10-14-11-6-2-5-9-15(11)25-21-14/h3-4,7-8H,2,5-6,9-10H2,1H3,(H,20,24). The summed E-state index contributed by atoms with van der Waals surface area (Å²) >= 11 is 3.47. The van der Waals surface area contributed by atoms with Crippen LogP contribution in [0.1, 0.15) is 42.3 Å². The first kappa shape index (κ1) is 16.3. The van der Waals surface area contributed by atoms with Crippen LogP contribution in [0.3, 0.4) is 0 Å². The molecule has 1 aliphatic carbocycles. The Labute approximate surface area is 153 Å². The van der Waals surface area contributed by atoms with Crippen molar-refractivity contribution >= 4 is 27.9 Å². The third-order valence-corrected chi connectivity index (χ3v) is 5.72. The van der Waals surface area contributed by atoms with E-state index in [1.165, 1.54) is 4.90 Å². The van der Waals surface area contributed by atoms with Gasteiger partial charge in [-0.3, -0.25) is 9.69 Å². The van der Waals surface area contributed by atoms with E-state index in [1.54, 1.807) is 6.92 Å². The van der Waals surface area contributed by atoms with E-state index in [2.05, 4.69) is 26.4 Å². The molecular weight excluding hydrogens is 386 g/mol. The smallest absolute Gasteiger partial charge is 0.325 e. The van der Waals surface area contributed by atoms with Crippen molar-refractivity contribution in [3.63, 3.8) is 0 Å². The number of nitrogens with one attached hydrogen (secondary N) is 1. The highest BCUT2D eigenvalue weighted by Crippen LogP contribution is 2.35. The second-order valence-electron chi connectivity index (χ2n) is 6.66. The molecular formula is C18H18BrN3O3. The number of aryl methyl sites for hydroxylation is 1. The second-order valence-corrected chi connectivity index (χ2v) is 7.52. The number of carbonyl (C=O) groups is 2. The molecule has 6 nitrogen and oxygen atoms in total. The summed E-state index contributed by atoms with van der Waals surface area (Å²) in [5, 5.41) is 6.94. The monoisotopic (exact) mass is 403 g/mol. The molecule has 1 saturated heterocycles. The number of hydrogen-bond acceptors (Lipinski definition) is 4. The molecule has 1 N–H and O–H groups in total. The van der Waals surface area contributed by atoms with Crippen LogP contribution in [-0.2, 0) is 29.7 Å². The summed E-state index contributed by atoms with van der Waals surface area (Å²) in [6.07, 6.45) is 3.93. The first-order valence-electron chi connectivity index (χ1n) is 8.36. The van der Waals surface area contributed by atoms with Crippen molar-refractivity contribution < 1.29 is 14.1 Å². The maximum absolute atomic E-state index is 13.0. The molecule has 1 aromatic heterocycles. The van der Waals surface area contributed by atoms with Gasteiger partial charge in [0.15, 0.2) is 0 Å². The van der Waals surface area contributed by atoms with E-state index in [1.807, 2.05) is 24.3 Å². The molecule has 1 unspecified atom stereocenters. The highest BCUT2D eigenvalue weighted by molar-refractivity contribution is 9.10. The van der Waals surface area contributed by atoms with Gasteiger partial charge in [-0.2, -0.15) is 0 Å². The SMILES string of the molecule is CC1(c2ccccc2Br)NC(=O)N(Cc2noc3c2CCCC3)C1=O. The van der Waals surface area contributed by atoms with Crippen molar-refractivity contribution in [3.8, 4) is 0 Å². The van der Waals surface area contributed by atoms with Crippen LogP contribution < -0.4 is 5.32 Å². The summed E-state index contributed by atoms with van der Waals surface area (Å²) in [5.74, 6) is 0.610. The fourth-order valence-electron chi connectivity index (χ4n) is 3.61. The largest absolute Gasteiger partial charge is 0.361 e. The third kappa shape index (κ3) is 2.57. The summed E-state index contributed by atoms with van der Waals surface area (Å²) in [6, 6.07) is 7.01. The summed E-state index contributed by atoms with van der Waals surface area (Å²) in [4.78, 5) is 26.8. The molecule has 1 fully saturated rings. The lowest BCUT2D eigenvalue weighted by atomic mass is 9.92. The molecule has 2 heterocycles. The van der Waals surface area contributed by atoms with E-state index in [4.69, 9.17) is 4.52 Å². The Kier molecular flexibility index (Phi) is 3.91. The lowest BCUT2D eigenvalue weighted by Gasteiger charge is -2.23. The molecule has 0 saturated carbocycles. The summed E-state index contributed by atoms with van der Waals surface area (Å²) < 4.78 is 6.18. The number of imide groups is 1. The fourth-order valence-corrected chi connectivity index (χ4v) is 4.29. The Bertz CT molecular complexity index is 863. The molecule has 2 aromatic rings. The molecule has 25 heavy (non-hydrogen) atoms. The van der Waals surface area contributed by atoms with Crippen LogP contribution in [0.5, 0.6) is 0 Å². The lowest BCUT2D eigenvalue weighted by Crippen LogP contribution is -2.41. The van der Waals surface area contributed by atoms with Gasteiger partial charge in [-0.25, -0.2) is 4.79 Å². The Morgan fingerprint density at radius 2 is 2.04 bits per heavy atom. The number of urea groups is 1. The average Bonchev–Trinajstić information content (AvgIpc) is 3.10. The van der Waals surface area contributed by atoms with Gasteiger partial charge in [0.2, 0.25) is 0 Å². The van der Waals surface area contributed by atoms with Crippen molar-refractivity contribution in [2.75, 3.05) is 0 Å². The molecule has 4 rings (SSSR count). The number of aromatic nitrogens is 1. The number of benzene rings is 1. The van der Waals surface area contributed by atoms with Gasteiger partial charge in [0.1, 0.15) is 17.0 Å². The predicted molar refractivity (Wildman–Crippen MR) is 93.7 cm³/mol. The average molecular weight is 404 g/mol. The number of hydrogen-bond donors (Lipinski definition) is 1. The zero-order chi connectivity index (χ0) is 17.6. The second kappa shape index (κ2) is 5.98. The van der Waals surface area contributed by atoms with E-state index >= 15 is 0 Å². The Balaban J connectivity index is 1.64. The molecule has 130 valence electrons. The van der Waals surface area contributed by atoms with Crippen molar-refractivity contribution in [3.05, 3.63) is 51.3 Å². The Hall–Kier alpha value is -2.15. The summed E-state index contributed by atoms with van der Waals surface area (Å²) in [6.45, 7) is 1.87. The molecule has 1 aliphatic heterocycles. The number of rotatable bonds is 3. The summed E-state index contributed by atoms with van der Waals surface area (Å²) in [7, 11) is 0. The van der Waals surface area contributed by atoms with E-state index in [-0.39, 0.29) is 12.5 Å². The molecule has 2 aliphatic rings. The molecule has 0 radical (unpaired) electrons. The van der Waals surface area contributed by atoms with E-state index < -0.39 is 11.6 Å². The normalized spacial score (nSPS) is 22.9. The van der Waals surface area contributed by atoms with Crippen LogP contribution >= 0.6 is 15.9 Å². The minimum atomic E-state index is -1.10. The van der Waals surface area contributed by atoms with Gasteiger partial charge >= 0.3 is 6.03 Å². The van der Waals surface area contributed by atoms with E-state index in [9.17, 15) is 9.59 Å². The molecule has 0 spiro atoms. The van der Waals surface area contributed by atoms with Crippen LogP contribution in [0.15, 0.2) is 33.3 Å². The summed E-state index contributed by atoms with van der Waals surface area (Å²) in [5.41, 5.74) is 1.38. The van der Waals surface area contributed by atoms with E-state index in [0.29, 0.717) is 5.69 Å². The first-order valence-corrected chi connectivity index (χ1v) is 9.15. The highest BCUT2D eigenvalue weighted by atomic mass is 79.9. The number of carbonyl (C=O) groups excluding carboxylic acids is 2. The van der Waals surface area contributed by atoms with Crippen LogP contribution in [0, 0.1) is 0 Å². The molecule has 3 amide bonds. The van der Waals surface area contributed by atoms with Crippen molar-refractivity contribution in [1.29, 1.82) is 0 Å². The van der Waals surface area contributed by atoms with Gasteiger partial charge < -0.3 is 9.84 Å². The Morgan fingerprint density at radius 3 is 2.84 bits per heavy atom. The molecule has 7 heteroatoms. The van der Waals surface area contributed by atoms with Gasteiger partial charge in [-0.15, -0.1) is 0 Å². The third-order valence-electron chi connectivity index (χ3n) is 5.03. The van der Waals surface area contributed by atoms with Gasteiger partial charge in [0, 0.05) is 22.0 Å². The number of nitrogens with zero attached hydrogens (tertiary/aromatic N) is 2. The van der Waals surface area contributed by atoms with Gasteiger partial charge in [-0.05, 0) is 32.3 Å². The molecule has 1 aromatic carbocycles. The quantitative estimate of drug-likeness (QED) is 0.797. The van der Waals surface area contributed by atoms with Gasteiger partial charge in [-0.1, -0.05) is 39.3 Å². The number of fused-ring (bicyclic) bond motifs is 1. The zero-order valence-corrected chi connectivity index (χ0v) is 15.4. The van der Waals surface area contributed by atoms with Crippen LogP contribution in [0.2, 0.25) is 0 Å². The minimum Gasteiger partial charge on any atom is -0.361 e. The van der Waals surface area contributed by atoms with Crippen molar-refractivity contribution in [1.82, 2.24) is 15.4 Å². The number of halogens is 1. The lowest BCUT2D eigenvalue weighted by molar-refractivity contribution is -0.131. The fraction of sp³-hybridized carbons (Fsp3) is 0.389. The predicted octanol–water partition coefficient (Wildman–Crippen LogP) is 3.28. The number of amides is 3. The maximum Gasteiger partial charge on any atom is 0.325 e. The van der Waals surface area contributed by atoms with Crippen molar-refractivity contribution in [2.45, 2.75) is 44.7 Å². The highest BCUT2D eigenvalue weighted by Gasteiger charge is 2.50. The maximum atomic E-state index is 13.0. The molecule has 0 bridgehead atoms. The van der Waals surface area contributed by atoms with Crippen LogP contribution in [-0.4, -0.2) is 22.0 Å².